The van der Waals surface area contributed by atoms with Gasteiger partial charge >= 0.3 is 0 Å². The van der Waals surface area contributed by atoms with E-state index in [9.17, 15) is 0 Å². The van der Waals surface area contributed by atoms with Crippen LogP contribution in [0.15, 0.2) is 121 Å². The quantitative estimate of drug-likeness (QED) is 0.239. The molecule has 0 radical (unpaired) electrons. The van der Waals surface area contributed by atoms with Crippen LogP contribution < -0.4 is 32.8 Å². The minimum absolute atomic E-state index is 0.123. The molecule has 0 fully saturated rings. The van der Waals surface area contributed by atoms with E-state index >= 15 is 0 Å². The van der Waals surface area contributed by atoms with Gasteiger partial charge in [-0.05, 0) is 43.5 Å². The minimum Gasteiger partial charge on any atom is -0.0727 e. The highest BCUT2D eigenvalue weighted by atomic mass is 14.2. The zero-order valence-corrected chi connectivity index (χ0v) is 25.7. The maximum atomic E-state index is 2.47. The Kier molecular flexibility index (Phi) is 6.24. The summed E-state index contributed by atoms with van der Waals surface area (Å²) in [6.07, 6.45) is 0. The second kappa shape index (κ2) is 9.77. The lowest BCUT2D eigenvalue weighted by Crippen LogP contribution is -2.75. The number of benzene rings is 6. The standard InChI is InChI=1S/C40H38B2/c1-39(2,3)31-15-19-33(20-16-31)41-35-23-27-11-7-9-13-29(27)25-37(35)42(34-21-17-32(18-22-34)40(4,5)6)38-26-30-14-10-8-12-28(30)24-36(38)41/h7-26H,1-6H3. The van der Waals surface area contributed by atoms with Crippen molar-refractivity contribution < 1.29 is 0 Å². The van der Waals surface area contributed by atoms with Gasteiger partial charge in [-0.1, -0.05) is 196 Å². The number of fused-ring (bicyclic) bond motifs is 4. The average molecular weight is 540 g/mol. The van der Waals surface area contributed by atoms with Gasteiger partial charge in [0.15, 0.2) is 0 Å². The topological polar surface area (TPSA) is 0 Å². The van der Waals surface area contributed by atoms with E-state index in [0.717, 1.165) is 0 Å². The maximum absolute atomic E-state index is 2.47. The molecule has 0 atom stereocenters. The fraction of sp³-hybridized carbons (Fsp3) is 0.200. The van der Waals surface area contributed by atoms with Gasteiger partial charge in [0, 0.05) is 0 Å². The average Bonchev–Trinajstić information content (AvgIpc) is 2.97. The molecule has 1 heterocycles. The predicted molar refractivity (Wildman–Crippen MR) is 187 cm³/mol. The summed E-state index contributed by atoms with van der Waals surface area (Å²) < 4.78 is 0. The molecule has 1 aliphatic rings. The van der Waals surface area contributed by atoms with Gasteiger partial charge in [-0.2, -0.15) is 0 Å². The van der Waals surface area contributed by atoms with E-state index < -0.39 is 0 Å². The summed E-state index contributed by atoms with van der Waals surface area (Å²) in [6.45, 7) is 14.1. The van der Waals surface area contributed by atoms with Crippen LogP contribution in [-0.4, -0.2) is 13.4 Å². The molecule has 0 aliphatic carbocycles. The Morgan fingerprint density at radius 1 is 0.357 bits per heavy atom. The number of hydrogen-bond donors (Lipinski definition) is 0. The maximum Gasteiger partial charge on any atom is 0.240 e. The van der Waals surface area contributed by atoms with Gasteiger partial charge in [0.25, 0.3) is 0 Å². The Hall–Kier alpha value is -4.03. The summed E-state index contributed by atoms with van der Waals surface area (Å²) >= 11 is 0. The molecule has 0 aromatic heterocycles. The van der Waals surface area contributed by atoms with Crippen molar-refractivity contribution in [3.05, 3.63) is 132 Å². The molecular formula is C40H38B2. The van der Waals surface area contributed by atoms with Crippen LogP contribution in [0.25, 0.3) is 21.5 Å². The van der Waals surface area contributed by atoms with Crippen molar-refractivity contribution in [2.24, 2.45) is 0 Å². The first-order chi connectivity index (χ1) is 20.1. The summed E-state index contributed by atoms with van der Waals surface area (Å²) in [6, 6.07) is 46.5. The first-order valence-electron chi connectivity index (χ1n) is 15.3. The Bertz CT molecular complexity index is 1700. The highest BCUT2D eigenvalue weighted by Gasteiger charge is 2.39. The molecule has 2 heteroatoms. The molecule has 0 amide bonds. The largest absolute Gasteiger partial charge is 0.240 e. The summed E-state index contributed by atoms with van der Waals surface area (Å²) in [4.78, 5) is 0. The highest BCUT2D eigenvalue weighted by Crippen LogP contribution is 2.23. The highest BCUT2D eigenvalue weighted by molar-refractivity contribution is 7.11. The van der Waals surface area contributed by atoms with Gasteiger partial charge in [-0.25, -0.2) is 0 Å². The van der Waals surface area contributed by atoms with Crippen LogP contribution >= 0.6 is 0 Å². The molecule has 7 rings (SSSR count). The first kappa shape index (κ1) is 26.8. The molecule has 1 aliphatic heterocycles. The van der Waals surface area contributed by atoms with E-state index in [1.54, 1.807) is 0 Å². The third-order valence-corrected chi connectivity index (χ3v) is 9.37. The lowest BCUT2D eigenvalue weighted by molar-refractivity contribution is 0.590. The Labute approximate surface area is 252 Å². The molecular weight excluding hydrogens is 502 g/mol. The van der Waals surface area contributed by atoms with Gasteiger partial charge in [0.1, 0.15) is 0 Å². The van der Waals surface area contributed by atoms with Crippen LogP contribution in [0.2, 0.25) is 0 Å². The summed E-state index contributed by atoms with van der Waals surface area (Å²) in [5, 5.41) is 5.22. The second-order valence-electron chi connectivity index (χ2n) is 14.3. The molecule has 0 N–H and O–H groups in total. The molecule has 0 saturated carbocycles. The molecule has 6 aromatic rings. The zero-order chi connectivity index (χ0) is 29.2. The van der Waals surface area contributed by atoms with Gasteiger partial charge in [-0.15, -0.1) is 0 Å². The second-order valence-corrected chi connectivity index (χ2v) is 14.3. The Balaban J connectivity index is 1.53. The molecule has 204 valence electrons. The van der Waals surface area contributed by atoms with E-state index in [-0.39, 0.29) is 24.3 Å². The predicted octanol–water partition coefficient (Wildman–Crippen LogP) is 5.93. The van der Waals surface area contributed by atoms with Crippen LogP contribution in [0, 0.1) is 0 Å². The van der Waals surface area contributed by atoms with Crippen molar-refractivity contribution in [3.8, 4) is 0 Å². The van der Waals surface area contributed by atoms with Crippen LogP contribution in [-0.2, 0) is 10.8 Å². The smallest absolute Gasteiger partial charge is 0.0727 e. The van der Waals surface area contributed by atoms with Crippen LogP contribution in [0.3, 0.4) is 0 Å². The molecule has 0 bridgehead atoms. The van der Waals surface area contributed by atoms with Crippen molar-refractivity contribution in [1.82, 2.24) is 0 Å². The van der Waals surface area contributed by atoms with Crippen molar-refractivity contribution in [2.45, 2.75) is 52.4 Å². The van der Waals surface area contributed by atoms with E-state index in [1.807, 2.05) is 0 Å². The van der Waals surface area contributed by atoms with Gasteiger partial charge in [0.05, 0.1) is 0 Å². The molecule has 0 spiro atoms. The van der Waals surface area contributed by atoms with Gasteiger partial charge < -0.3 is 0 Å². The third kappa shape index (κ3) is 4.58. The third-order valence-electron chi connectivity index (χ3n) is 9.37. The van der Waals surface area contributed by atoms with Crippen LogP contribution in [0.5, 0.6) is 0 Å². The number of hydrogen-bond acceptors (Lipinski definition) is 0. The Morgan fingerprint density at radius 2 is 0.619 bits per heavy atom. The van der Waals surface area contributed by atoms with Crippen molar-refractivity contribution in [1.29, 1.82) is 0 Å². The van der Waals surface area contributed by atoms with Crippen molar-refractivity contribution in [3.63, 3.8) is 0 Å². The normalized spacial score (nSPS) is 13.4. The lowest BCUT2D eigenvalue weighted by atomic mass is 9.21. The zero-order valence-electron chi connectivity index (χ0n) is 25.7. The molecule has 42 heavy (non-hydrogen) atoms. The lowest BCUT2D eigenvalue weighted by Gasteiger charge is -2.33. The van der Waals surface area contributed by atoms with Crippen LogP contribution in [0.4, 0.5) is 0 Å². The monoisotopic (exact) mass is 540 g/mol. The molecule has 6 aromatic carbocycles. The van der Waals surface area contributed by atoms with Gasteiger partial charge in [-0.3, -0.25) is 0 Å². The van der Waals surface area contributed by atoms with Crippen molar-refractivity contribution >= 4 is 67.7 Å². The van der Waals surface area contributed by atoms with E-state index in [1.165, 1.54) is 65.4 Å². The molecule has 0 saturated heterocycles. The van der Waals surface area contributed by atoms with Crippen molar-refractivity contribution in [2.75, 3.05) is 0 Å². The van der Waals surface area contributed by atoms with E-state index in [0.29, 0.717) is 0 Å². The molecule has 0 nitrogen and oxygen atoms in total. The SMILES string of the molecule is CC(C)(C)c1ccc(B2c3cc4ccccc4cc3B(c3ccc(C(C)(C)C)cc3)c3cc4ccccc4cc32)cc1. The fourth-order valence-corrected chi connectivity index (χ4v) is 6.96. The number of rotatable bonds is 2. The summed E-state index contributed by atoms with van der Waals surface area (Å²) in [7, 11) is 0. The van der Waals surface area contributed by atoms with E-state index in [2.05, 4.69) is 163 Å². The Morgan fingerprint density at radius 3 is 0.857 bits per heavy atom. The summed E-state index contributed by atoms with van der Waals surface area (Å²) in [5.41, 5.74) is 11.4. The molecule has 0 unspecified atom stereocenters. The first-order valence-corrected chi connectivity index (χ1v) is 15.3. The van der Waals surface area contributed by atoms with Crippen LogP contribution in [0.1, 0.15) is 52.7 Å². The summed E-state index contributed by atoms with van der Waals surface area (Å²) in [5.74, 6) is 0. The fourth-order valence-electron chi connectivity index (χ4n) is 6.96. The van der Waals surface area contributed by atoms with Gasteiger partial charge in [0.2, 0.25) is 13.4 Å². The minimum atomic E-state index is 0.123. The van der Waals surface area contributed by atoms with E-state index in [4.69, 9.17) is 0 Å².